The summed E-state index contributed by atoms with van der Waals surface area (Å²) in [7, 11) is 0. The van der Waals surface area contributed by atoms with E-state index in [9.17, 15) is 14.0 Å². The lowest BCUT2D eigenvalue weighted by molar-refractivity contribution is 0.0746. The Balaban J connectivity index is 1.70. The maximum Gasteiger partial charge on any atom is 0.288 e. The van der Waals surface area contributed by atoms with E-state index in [1.165, 1.54) is 6.92 Å². The van der Waals surface area contributed by atoms with Crippen molar-refractivity contribution in [3.8, 4) is 6.07 Å². The molecule has 0 atom stereocenters. The first kappa shape index (κ1) is 16.6. The second kappa shape index (κ2) is 6.73. The molecular formula is C17H16FN5O2. The van der Waals surface area contributed by atoms with Crippen LogP contribution in [0.2, 0.25) is 0 Å². The van der Waals surface area contributed by atoms with Gasteiger partial charge in [-0.2, -0.15) is 9.65 Å². The van der Waals surface area contributed by atoms with Crippen molar-refractivity contribution in [2.75, 3.05) is 31.1 Å². The van der Waals surface area contributed by atoms with Crippen LogP contribution in [0.5, 0.6) is 0 Å². The molecule has 1 aromatic heterocycles. The zero-order valence-electron chi connectivity index (χ0n) is 13.6. The Labute approximate surface area is 143 Å². The van der Waals surface area contributed by atoms with Crippen molar-refractivity contribution in [1.29, 1.82) is 5.26 Å². The second-order valence-electron chi connectivity index (χ2n) is 5.76. The number of nitriles is 1. The van der Waals surface area contributed by atoms with Crippen LogP contribution < -0.4 is 10.5 Å². The number of hydrogen-bond acceptors (Lipinski definition) is 5. The van der Waals surface area contributed by atoms with Crippen molar-refractivity contribution in [3.63, 3.8) is 0 Å². The van der Waals surface area contributed by atoms with Crippen LogP contribution in [0.4, 0.5) is 10.3 Å². The van der Waals surface area contributed by atoms with E-state index in [0.29, 0.717) is 43.3 Å². The van der Waals surface area contributed by atoms with E-state index in [1.54, 1.807) is 29.2 Å². The van der Waals surface area contributed by atoms with Crippen molar-refractivity contribution >= 4 is 11.9 Å². The number of carbonyl (C=O) groups is 1. The number of aryl methyl sites for hydroxylation is 1. The van der Waals surface area contributed by atoms with Gasteiger partial charge in [-0.25, -0.2) is 4.98 Å². The number of nitrogens with zero attached hydrogens (tertiary/aromatic N) is 4. The highest BCUT2D eigenvalue weighted by molar-refractivity contribution is 5.94. The standard InChI is InChI=1S/C17H16FN5O2/c1-11-14(18)15(24)21-17(20-11)23-7-5-22(6-8-23)16(25)13-4-2-3-12(9-13)10-19/h2-4,9H,5-8H2,1H3,(H,20,21,24). The van der Waals surface area contributed by atoms with E-state index in [2.05, 4.69) is 9.97 Å². The summed E-state index contributed by atoms with van der Waals surface area (Å²) in [6.45, 7) is 3.26. The van der Waals surface area contributed by atoms with Crippen LogP contribution >= 0.6 is 0 Å². The van der Waals surface area contributed by atoms with E-state index in [4.69, 9.17) is 5.26 Å². The molecule has 2 aromatic rings. The van der Waals surface area contributed by atoms with Gasteiger partial charge in [-0.3, -0.25) is 14.6 Å². The zero-order chi connectivity index (χ0) is 18.0. The molecule has 3 rings (SSSR count). The summed E-state index contributed by atoms with van der Waals surface area (Å²) < 4.78 is 13.4. The number of aromatic nitrogens is 2. The summed E-state index contributed by atoms with van der Waals surface area (Å²) in [5.74, 6) is -0.717. The normalized spacial score (nSPS) is 14.3. The average molecular weight is 341 g/mol. The minimum Gasteiger partial charge on any atom is -0.339 e. The number of anilines is 1. The molecule has 0 saturated carbocycles. The van der Waals surface area contributed by atoms with Gasteiger partial charge in [0.05, 0.1) is 17.3 Å². The van der Waals surface area contributed by atoms with Crippen molar-refractivity contribution in [2.24, 2.45) is 0 Å². The SMILES string of the molecule is Cc1nc(N2CCN(C(=O)c3cccc(C#N)c3)CC2)[nH]c(=O)c1F. The fourth-order valence-corrected chi connectivity index (χ4v) is 2.73. The second-order valence-corrected chi connectivity index (χ2v) is 5.76. The number of benzene rings is 1. The topological polar surface area (TPSA) is 93.1 Å². The highest BCUT2D eigenvalue weighted by Gasteiger charge is 2.24. The largest absolute Gasteiger partial charge is 0.339 e. The van der Waals surface area contributed by atoms with Gasteiger partial charge in [0, 0.05) is 31.7 Å². The molecule has 2 heterocycles. The molecule has 0 bridgehead atoms. The van der Waals surface area contributed by atoms with Crippen LogP contribution in [0.25, 0.3) is 0 Å². The Morgan fingerprint density at radius 1 is 1.32 bits per heavy atom. The molecule has 0 radical (unpaired) electrons. The molecule has 1 saturated heterocycles. The Morgan fingerprint density at radius 2 is 2.04 bits per heavy atom. The fraction of sp³-hybridized carbons (Fsp3) is 0.294. The third kappa shape index (κ3) is 3.35. The number of piperazine rings is 1. The van der Waals surface area contributed by atoms with Gasteiger partial charge < -0.3 is 9.80 Å². The summed E-state index contributed by atoms with van der Waals surface area (Å²) in [5.41, 5.74) is 0.157. The number of carbonyl (C=O) groups excluding carboxylic acids is 1. The molecule has 0 spiro atoms. The molecule has 25 heavy (non-hydrogen) atoms. The maximum absolute atomic E-state index is 13.4. The first-order valence-corrected chi connectivity index (χ1v) is 7.80. The van der Waals surface area contributed by atoms with E-state index in [-0.39, 0.29) is 11.6 Å². The third-order valence-electron chi connectivity index (χ3n) is 4.12. The number of rotatable bonds is 2. The van der Waals surface area contributed by atoms with E-state index in [1.807, 2.05) is 11.0 Å². The van der Waals surface area contributed by atoms with Gasteiger partial charge in [-0.1, -0.05) is 6.07 Å². The molecule has 1 amide bonds. The quantitative estimate of drug-likeness (QED) is 0.881. The number of aromatic amines is 1. The summed E-state index contributed by atoms with van der Waals surface area (Å²) in [4.78, 5) is 34.0. The van der Waals surface area contributed by atoms with Crippen LogP contribution in [-0.4, -0.2) is 47.0 Å². The van der Waals surface area contributed by atoms with E-state index >= 15 is 0 Å². The first-order valence-electron chi connectivity index (χ1n) is 7.80. The average Bonchev–Trinajstić information content (AvgIpc) is 2.65. The van der Waals surface area contributed by atoms with Gasteiger partial charge in [0.1, 0.15) is 0 Å². The molecule has 128 valence electrons. The lowest BCUT2D eigenvalue weighted by Crippen LogP contribution is -2.49. The van der Waals surface area contributed by atoms with Crippen LogP contribution in [0.1, 0.15) is 21.6 Å². The van der Waals surface area contributed by atoms with Crippen LogP contribution in [-0.2, 0) is 0 Å². The van der Waals surface area contributed by atoms with Crippen molar-refractivity contribution < 1.29 is 9.18 Å². The molecule has 0 unspecified atom stereocenters. The molecule has 1 N–H and O–H groups in total. The lowest BCUT2D eigenvalue weighted by Gasteiger charge is -2.35. The molecule has 1 aromatic carbocycles. The van der Waals surface area contributed by atoms with Crippen molar-refractivity contribution in [2.45, 2.75) is 6.92 Å². The number of hydrogen-bond donors (Lipinski definition) is 1. The predicted molar refractivity (Wildman–Crippen MR) is 88.8 cm³/mol. The van der Waals surface area contributed by atoms with E-state index in [0.717, 1.165) is 0 Å². The summed E-state index contributed by atoms with van der Waals surface area (Å²) in [6.07, 6.45) is 0. The highest BCUT2D eigenvalue weighted by Crippen LogP contribution is 2.14. The predicted octanol–water partition coefficient (Wildman–Crippen LogP) is 1.05. The van der Waals surface area contributed by atoms with Gasteiger partial charge in [-0.05, 0) is 25.1 Å². The van der Waals surface area contributed by atoms with Gasteiger partial charge in [0.2, 0.25) is 11.8 Å². The molecule has 1 fully saturated rings. The summed E-state index contributed by atoms with van der Waals surface area (Å²) in [5, 5.41) is 8.94. The number of H-pyrrole nitrogens is 1. The minimum absolute atomic E-state index is 0.0468. The molecule has 8 heteroatoms. The van der Waals surface area contributed by atoms with Crippen molar-refractivity contribution in [1.82, 2.24) is 14.9 Å². The smallest absolute Gasteiger partial charge is 0.288 e. The fourth-order valence-electron chi connectivity index (χ4n) is 2.73. The third-order valence-corrected chi connectivity index (χ3v) is 4.12. The molecule has 0 aliphatic carbocycles. The summed E-state index contributed by atoms with van der Waals surface area (Å²) >= 11 is 0. The Morgan fingerprint density at radius 3 is 2.68 bits per heavy atom. The van der Waals surface area contributed by atoms with Gasteiger partial charge in [-0.15, -0.1) is 0 Å². The van der Waals surface area contributed by atoms with Crippen molar-refractivity contribution in [3.05, 3.63) is 57.3 Å². The van der Waals surface area contributed by atoms with Crippen LogP contribution in [0.15, 0.2) is 29.1 Å². The first-order chi connectivity index (χ1) is 12.0. The molecular weight excluding hydrogens is 325 g/mol. The highest BCUT2D eigenvalue weighted by atomic mass is 19.1. The van der Waals surface area contributed by atoms with Gasteiger partial charge >= 0.3 is 0 Å². The molecule has 7 nitrogen and oxygen atoms in total. The maximum atomic E-state index is 13.4. The minimum atomic E-state index is -0.880. The number of halogens is 1. The zero-order valence-corrected chi connectivity index (χ0v) is 13.6. The van der Waals surface area contributed by atoms with Gasteiger partial charge in [0.15, 0.2) is 0 Å². The number of nitrogens with one attached hydrogen (secondary N) is 1. The summed E-state index contributed by atoms with van der Waals surface area (Å²) in [6, 6.07) is 8.59. The van der Waals surface area contributed by atoms with Gasteiger partial charge in [0.25, 0.3) is 11.5 Å². The van der Waals surface area contributed by atoms with Crippen LogP contribution in [0, 0.1) is 24.1 Å². The molecule has 1 aliphatic heterocycles. The lowest BCUT2D eigenvalue weighted by atomic mass is 10.1. The Hall–Kier alpha value is -3.21. The monoisotopic (exact) mass is 341 g/mol. The number of amides is 1. The Bertz CT molecular complexity index is 910. The Kier molecular flexibility index (Phi) is 4.48. The van der Waals surface area contributed by atoms with Crippen LogP contribution in [0.3, 0.4) is 0 Å². The molecule has 1 aliphatic rings. The van der Waals surface area contributed by atoms with E-state index < -0.39 is 11.4 Å².